The monoisotopic (exact) mass is 673 g/mol. The fourth-order valence-corrected chi connectivity index (χ4v) is 5.71. The summed E-state index contributed by atoms with van der Waals surface area (Å²) >= 11 is 0.365. The van der Waals surface area contributed by atoms with Crippen LogP contribution in [0.25, 0.3) is 32.6 Å². The van der Waals surface area contributed by atoms with Crippen molar-refractivity contribution in [1.82, 2.24) is 9.97 Å². The Morgan fingerprint density at radius 2 is 1.33 bits per heavy atom. The Morgan fingerprint density at radius 3 is 1.87 bits per heavy atom. The van der Waals surface area contributed by atoms with Crippen LogP contribution in [0.5, 0.6) is 5.75 Å². The number of hydrogen-bond acceptors (Lipinski definition) is 15. The molecule has 0 atom stereocenters. The summed E-state index contributed by atoms with van der Waals surface area (Å²) in [6, 6.07) is 19.7. The average molecular weight is 674 g/mol. The van der Waals surface area contributed by atoms with Gasteiger partial charge in [-0.1, -0.05) is 36.4 Å². The van der Waals surface area contributed by atoms with Gasteiger partial charge in [0.25, 0.3) is 0 Å². The van der Waals surface area contributed by atoms with Gasteiger partial charge in [0, 0.05) is 23.2 Å². The predicted octanol–water partition coefficient (Wildman–Crippen LogP) is 0.197. The molecule has 0 saturated carbocycles. The van der Waals surface area contributed by atoms with Crippen molar-refractivity contribution in [2.45, 2.75) is 9.79 Å². The van der Waals surface area contributed by atoms with E-state index in [9.17, 15) is 23.3 Å². The number of phenolic OH excluding ortho intramolecular Hbond substituents is 1. The number of azo groups is 2. The van der Waals surface area contributed by atoms with Crippen LogP contribution in [0.1, 0.15) is 0 Å². The first-order valence-corrected chi connectivity index (χ1v) is 14.6. The Hall–Kier alpha value is -3.10. The number of aromatic nitrogens is 2. The summed E-state index contributed by atoms with van der Waals surface area (Å²) < 4.78 is 41.4. The molecule has 0 saturated heterocycles. The van der Waals surface area contributed by atoms with Crippen LogP contribution in [0, 0.1) is 0 Å². The third-order valence-corrected chi connectivity index (χ3v) is 7.94. The quantitative estimate of drug-likeness (QED) is 0.0423. The molecule has 0 unspecified atom stereocenters. The largest absolute Gasteiger partial charge is 1.00 e. The molecule has 0 aliphatic rings. The third kappa shape index (κ3) is 7.23. The number of aromatic hydroxyl groups is 1. The Morgan fingerprint density at radius 1 is 0.783 bits per heavy atom. The second kappa shape index (κ2) is 15.2. The van der Waals surface area contributed by atoms with E-state index in [1.165, 1.54) is 6.07 Å². The molecule has 0 amide bonds. The van der Waals surface area contributed by atoms with Gasteiger partial charge in [-0.15, -0.1) is 20.5 Å². The van der Waals surface area contributed by atoms with Crippen molar-refractivity contribution in [2.24, 2.45) is 20.5 Å². The van der Waals surface area contributed by atoms with Gasteiger partial charge in [-0.05, 0) is 41.8 Å². The molecule has 46 heavy (non-hydrogen) atoms. The Labute approximate surface area is 309 Å². The molecular weight excluding hydrogens is 656 g/mol. The number of nitrogen functional groups attached to an aromatic ring is 1. The van der Waals surface area contributed by atoms with Crippen LogP contribution in [0.3, 0.4) is 0 Å². The summed E-state index contributed by atoms with van der Waals surface area (Å²) in [5, 5.41) is 43.4. The SMILES string of the molecule is Nc1c(N=Nc2cccc3cccnc23)c(S(=O)(=O)[O-])cc2cc(SOO[O-])c(N=Nc3cccc4cccnc34)c(O)c12.[Na+].[Na+]. The fourth-order valence-electron chi connectivity index (χ4n) is 4.56. The number of para-hydroxylation sites is 2. The van der Waals surface area contributed by atoms with Gasteiger partial charge in [0.05, 0.1) is 43.9 Å². The first-order chi connectivity index (χ1) is 21.3. The zero-order valence-electron chi connectivity index (χ0n) is 24.1. The first kappa shape index (κ1) is 35.7. The normalized spacial score (nSPS) is 11.8. The van der Waals surface area contributed by atoms with Crippen molar-refractivity contribution in [3.63, 3.8) is 0 Å². The van der Waals surface area contributed by atoms with E-state index in [1.807, 2.05) is 12.1 Å². The number of rotatable bonds is 8. The van der Waals surface area contributed by atoms with Gasteiger partial charge in [0.2, 0.25) is 0 Å². The molecule has 2 aromatic heterocycles. The van der Waals surface area contributed by atoms with Crippen LogP contribution in [0.15, 0.2) is 115 Å². The number of nitrogens with two attached hydrogens (primary N) is 1. The molecule has 6 aromatic rings. The standard InChI is InChI=1S/C28H19N7O7S2.2Na/c29-23-22-17(14-21(44(38,39)40)27(23)35-33-19-10-2-6-16-8-4-12-31-25(16)19)13-20(43-42-41-37)26(28(22)36)34-32-18-9-1-5-15-7-3-11-30-24(15)18;;/h1-14,36-37H,29H2,(H,38,39,40);;/q;2*+1/p-2. The van der Waals surface area contributed by atoms with Crippen LogP contribution in [-0.4, -0.2) is 28.0 Å². The van der Waals surface area contributed by atoms with Crippen LogP contribution in [0.2, 0.25) is 0 Å². The molecule has 14 nitrogen and oxygen atoms in total. The van der Waals surface area contributed by atoms with Crippen molar-refractivity contribution in [1.29, 1.82) is 0 Å². The molecule has 0 aliphatic heterocycles. The van der Waals surface area contributed by atoms with Gasteiger partial charge >= 0.3 is 59.1 Å². The molecule has 0 spiro atoms. The van der Waals surface area contributed by atoms with Crippen molar-refractivity contribution in [3.8, 4) is 5.75 Å². The zero-order valence-corrected chi connectivity index (χ0v) is 29.7. The van der Waals surface area contributed by atoms with Gasteiger partial charge < -0.3 is 20.7 Å². The van der Waals surface area contributed by atoms with Crippen LogP contribution in [0.4, 0.5) is 28.4 Å². The van der Waals surface area contributed by atoms with Crippen molar-refractivity contribution < 1.29 is 91.8 Å². The molecule has 2 heterocycles. The van der Waals surface area contributed by atoms with Gasteiger partial charge in [-0.2, -0.15) is 4.33 Å². The maximum Gasteiger partial charge on any atom is 1.00 e. The third-order valence-electron chi connectivity index (χ3n) is 6.47. The fraction of sp³-hybridized carbons (Fsp3) is 0. The Bertz CT molecular complexity index is 2250. The van der Waals surface area contributed by atoms with E-state index in [2.05, 4.69) is 39.8 Å². The van der Waals surface area contributed by atoms with Crippen molar-refractivity contribution >= 4 is 83.2 Å². The summed E-state index contributed by atoms with van der Waals surface area (Å²) in [6.07, 6.45) is 3.14. The van der Waals surface area contributed by atoms with Gasteiger partial charge in [0.1, 0.15) is 32.9 Å². The van der Waals surface area contributed by atoms with E-state index < -0.39 is 26.5 Å². The topological polar surface area (TPSA) is 220 Å². The summed E-state index contributed by atoms with van der Waals surface area (Å²) in [7, 11) is -5.16. The number of phenols is 1. The summed E-state index contributed by atoms with van der Waals surface area (Å²) in [6.45, 7) is 0. The Kier molecular flexibility index (Phi) is 11.8. The van der Waals surface area contributed by atoms with Crippen molar-refractivity contribution in [2.75, 3.05) is 5.73 Å². The van der Waals surface area contributed by atoms with Crippen LogP contribution >= 0.6 is 12.0 Å². The van der Waals surface area contributed by atoms with Gasteiger partial charge in [-0.25, -0.2) is 8.42 Å². The zero-order chi connectivity index (χ0) is 30.8. The van der Waals surface area contributed by atoms with E-state index in [1.54, 1.807) is 60.9 Å². The number of fused-ring (bicyclic) bond motifs is 3. The second-order valence-electron chi connectivity index (χ2n) is 9.09. The predicted molar refractivity (Wildman–Crippen MR) is 158 cm³/mol. The van der Waals surface area contributed by atoms with Crippen molar-refractivity contribution in [3.05, 3.63) is 85.2 Å². The number of benzene rings is 4. The molecule has 0 radical (unpaired) electrons. The minimum Gasteiger partial charge on any atom is -0.744 e. The maximum atomic E-state index is 12.3. The maximum absolute atomic E-state index is 12.3. The summed E-state index contributed by atoms with van der Waals surface area (Å²) in [5.41, 5.74) is 6.91. The summed E-state index contributed by atoms with van der Waals surface area (Å²) in [5.74, 6) is -0.577. The first-order valence-electron chi connectivity index (χ1n) is 12.5. The number of pyridine rings is 2. The molecule has 0 aliphatic carbocycles. The van der Waals surface area contributed by atoms with Gasteiger partial charge in [0.15, 0.2) is 5.75 Å². The number of anilines is 1. The number of nitrogens with zero attached hydrogens (tertiary/aromatic N) is 6. The molecule has 0 fully saturated rings. The smallest absolute Gasteiger partial charge is 0.744 e. The molecule has 18 heteroatoms. The molecule has 3 N–H and O–H groups in total. The molecule has 4 aromatic carbocycles. The molecule has 0 bridgehead atoms. The second-order valence-corrected chi connectivity index (χ2v) is 11.2. The van der Waals surface area contributed by atoms with E-state index >= 15 is 0 Å². The van der Waals surface area contributed by atoms with E-state index in [0.717, 1.165) is 16.8 Å². The van der Waals surface area contributed by atoms with E-state index in [4.69, 9.17) is 5.73 Å². The van der Waals surface area contributed by atoms with E-state index in [0.29, 0.717) is 28.8 Å². The molecular formula is C28H17N7Na2O7S2. The summed E-state index contributed by atoms with van der Waals surface area (Å²) in [4.78, 5) is 7.78. The van der Waals surface area contributed by atoms with Crippen LogP contribution in [-0.2, 0) is 19.5 Å². The molecule has 220 valence electrons. The van der Waals surface area contributed by atoms with Gasteiger partial charge in [-0.3, -0.25) is 15.0 Å². The minimum atomic E-state index is -5.16. The van der Waals surface area contributed by atoms with E-state index in [-0.39, 0.29) is 91.8 Å². The minimum absolute atomic E-state index is 0. The average Bonchev–Trinajstić information content (AvgIpc) is 3.02. The number of hydrogen-bond donors (Lipinski definition) is 2. The Balaban J connectivity index is 0.00000240. The molecule has 6 rings (SSSR count). The van der Waals surface area contributed by atoms with Crippen LogP contribution < -0.4 is 70.1 Å².